The Bertz CT molecular complexity index is 529. The molecule has 7 heteroatoms. The van der Waals surface area contributed by atoms with Crippen molar-refractivity contribution in [2.75, 3.05) is 39.4 Å². The number of amides is 3. The van der Waals surface area contributed by atoms with Crippen molar-refractivity contribution in [2.24, 2.45) is 5.92 Å². The zero-order valence-electron chi connectivity index (χ0n) is 13.2. The Labute approximate surface area is 140 Å². The first kappa shape index (κ1) is 16.3. The van der Waals surface area contributed by atoms with Crippen LogP contribution in [-0.4, -0.2) is 61.1 Å². The van der Waals surface area contributed by atoms with Gasteiger partial charge in [-0.15, -0.1) is 0 Å². The maximum atomic E-state index is 12.6. The molecule has 3 heterocycles. The molecule has 0 bridgehead atoms. The van der Waals surface area contributed by atoms with Crippen molar-refractivity contribution in [1.29, 1.82) is 0 Å². The van der Waals surface area contributed by atoms with Crippen LogP contribution in [0, 0.1) is 5.92 Å². The molecule has 0 aliphatic carbocycles. The highest BCUT2D eigenvalue weighted by Gasteiger charge is 2.31. The van der Waals surface area contributed by atoms with Gasteiger partial charge in [0.25, 0.3) is 0 Å². The van der Waals surface area contributed by atoms with E-state index in [1.165, 1.54) is 0 Å². The summed E-state index contributed by atoms with van der Waals surface area (Å²) >= 11 is 1.62. The second-order valence-electron chi connectivity index (χ2n) is 6.01. The molecule has 3 rings (SSSR count). The van der Waals surface area contributed by atoms with E-state index in [0.717, 1.165) is 24.9 Å². The van der Waals surface area contributed by atoms with E-state index in [2.05, 4.69) is 5.32 Å². The number of nitrogens with one attached hydrogen (secondary N) is 1. The van der Waals surface area contributed by atoms with E-state index >= 15 is 0 Å². The molecular weight excluding hydrogens is 314 g/mol. The first-order valence-corrected chi connectivity index (χ1v) is 9.08. The summed E-state index contributed by atoms with van der Waals surface area (Å²) in [4.78, 5) is 28.5. The molecule has 0 spiro atoms. The topological polar surface area (TPSA) is 61.9 Å². The Balaban J connectivity index is 1.50. The van der Waals surface area contributed by atoms with Gasteiger partial charge >= 0.3 is 6.03 Å². The average molecular weight is 337 g/mol. The van der Waals surface area contributed by atoms with Gasteiger partial charge in [0.15, 0.2) is 0 Å². The molecule has 1 aromatic heterocycles. The summed E-state index contributed by atoms with van der Waals surface area (Å²) in [5.41, 5.74) is 1.11. The van der Waals surface area contributed by atoms with Crippen molar-refractivity contribution in [2.45, 2.75) is 19.4 Å². The maximum absolute atomic E-state index is 12.6. The molecule has 126 valence electrons. The Morgan fingerprint density at radius 1 is 1.26 bits per heavy atom. The van der Waals surface area contributed by atoms with E-state index in [1.807, 2.05) is 21.7 Å². The third-order valence-electron chi connectivity index (χ3n) is 4.40. The third-order valence-corrected chi connectivity index (χ3v) is 5.14. The fourth-order valence-corrected chi connectivity index (χ4v) is 3.76. The van der Waals surface area contributed by atoms with Gasteiger partial charge in [-0.05, 0) is 35.2 Å². The molecule has 2 aliphatic rings. The molecule has 0 saturated carbocycles. The van der Waals surface area contributed by atoms with E-state index in [-0.39, 0.29) is 17.9 Å². The first-order valence-electron chi connectivity index (χ1n) is 8.14. The summed E-state index contributed by atoms with van der Waals surface area (Å²) in [6, 6.07) is 1.93. The standard InChI is InChI=1S/C16H23N3O3S/c20-15(18-5-7-22-8-6-18)14-2-1-4-19(11-14)16(21)17-10-13-3-9-23-12-13/h3,9,12,14H,1-2,4-8,10-11H2,(H,17,21). The Morgan fingerprint density at radius 2 is 2.09 bits per heavy atom. The van der Waals surface area contributed by atoms with Crippen LogP contribution in [0.15, 0.2) is 16.8 Å². The minimum atomic E-state index is -0.0752. The minimum absolute atomic E-state index is 0.0734. The van der Waals surface area contributed by atoms with Gasteiger partial charge in [0.2, 0.25) is 5.91 Å². The summed E-state index contributed by atoms with van der Waals surface area (Å²) in [5, 5.41) is 6.97. The number of carbonyl (C=O) groups is 2. The number of nitrogens with zero attached hydrogens (tertiary/aromatic N) is 2. The molecule has 0 radical (unpaired) electrons. The van der Waals surface area contributed by atoms with E-state index in [0.29, 0.717) is 39.4 Å². The van der Waals surface area contributed by atoms with Crippen LogP contribution in [0.2, 0.25) is 0 Å². The van der Waals surface area contributed by atoms with Gasteiger partial charge in [0, 0.05) is 32.7 Å². The molecule has 2 saturated heterocycles. The second kappa shape index (κ2) is 7.79. The number of carbonyl (C=O) groups excluding carboxylic acids is 2. The summed E-state index contributed by atoms with van der Waals surface area (Å²) in [6.45, 7) is 4.35. The summed E-state index contributed by atoms with van der Waals surface area (Å²) in [5.74, 6) is 0.0948. The molecule has 2 fully saturated rings. The second-order valence-corrected chi connectivity index (χ2v) is 6.79. The predicted molar refractivity (Wildman–Crippen MR) is 88.3 cm³/mol. The fourth-order valence-electron chi connectivity index (χ4n) is 3.09. The predicted octanol–water partition coefficient (Wildman–Crippen LogP) is 1.53. The van der Waals surface area contributed by atoms with Crippen molar-refractivity contribution < 1.29 is 14.3 Å². The van der Waals surface area contributed by atoms with Crippen LogP contribution in [0.3, 0.4) is 0 Å². The number of likely N-dealkylation sites (tertiary alicyclic amines) is 1. The molecule has 2 aliphatic heterocycles. The van der Waals surface area contributed by atoms with Gasteiger partial charge < -0.3 is 19.9 Å². The zero-order chi connectivity index (χ0) is 16.1. The molecule has 0 aromatic carbocycles. The molecular formula is C16H23N3O3S. The normalized spacial score (nSPS) is 22.0. The summed E-state index contributed by atoms with van der Waals surface area (Å²) < 4.78 is 5.30. The number of hydrogen-bond donors (Lipinski definition) is 1. The van der Waals surface area contributed by atoms with Crippen molar-refractivity contribution >= 4 is 23.3 Å². The number of rotatable bonds is 3. The highest BCUT2D eigenvalue weighted by molar-refractivity contribution is 7.07. The van der Waals surface area contributed by atoms with Gasteiger partial charge in [-0.25, -0.2) is 4.79 Å². The van der Waals surface area contributed by atoms with E-state index in [4.69, 9.17) is 4.74 Å². The Kier molecular flexibility index (Phi) is 5.51. The third kappa shape index (κ3) is 4.23. The number of urea groups is 1. The highest BCUT2D eigenvalue weighted by atomic mass is 32.1. The van der Waals surface area contributed by atoms with Crippen LogP contribution < -0.4 is 5.32 Å². The van der Waals surface area contributed by atoms with Gasteiger partial charge in [-0.3, -0.25) is 4.79 Å². The first-order chi connectivity index (χ1) is 11.2. The summed E-state index contributed by atoms with van der Waals surface area (Å²) in [7, 11) is 0. The highest BCUT2D eigenvalue weighted by Crippen LogP contribution is 2.19. The fraction of sp³-hybridized carbons (Fsp3) is 0.625. The molecule has 1 atom stereocenters. The lowest BCUT2D eigenvalue weighted by Gasteiger charge is -2.36. The zero-order valence-corrected chi connectivity index (χ0v) is 14.0. The van der Waals surface area contributed by atoms with E-state index < -0.39 is 0 Å². The number of thiophene rings is 1. The van der Waals surface area contributed by atoms with Gasteiger partial charge in [0.1, 0.15) is 0 Å². The molecule has 1 aromatic rings. The lowest BCUT2D eigenvalue weighted by atomic mass is 9.96. The van der Waals surface area contributed by atoms with Crippen LogP contribution in [0.5, 0.6) is 0 Å². The van der Waals surface area contributed by atoms with Gasteiger partial charge in [-0.2, -0.15) is 11.3 Å². The number of ether oxygens (including phenoxy) is 1. The van der Waals surface area contributed by atoms with E-state index in [1.54, 1.807) is 16.2 Å². The molecule has 1 unspecified atom stereocenters. The quantitative estimate of drug-likeness (QED) is 0.910. The van der Waals surface area contributed by atoms with Crippen LogP contribution in [-0.2, 0) is 16.1 Å². The molecule has 3 amide bonds. The Morgan fingerprint density at radius 3 is 2.83 bits per heavy atom. The van der Waals surface area contributed by atoms with Gasteiger partial charge in [-0.1, -0.05) is 0 Å². The smallest absolute Gasteiger partial charge is 0.317 e. The van der Waals surface area contributed by atoms with Crippen LogP contribution in [0.1, 0.15) is 18.4 Å². The van der Waals surface area contributed by atoms with E-state index in [9.17, 15) is 9.59 Å². The van der Waals surface area contributed by atoms with Gasteiger partial charge in [0.05, 0.1) is 19.1 Å². The molecule has 23 heavy (non-hydrogen) atoms. The monoisotopic (exact) mass is 337 g/mol. The number of piperidine rings is 1. The largest absolute Gasteiger partial charge is 0.378 e. The Hall–Kier alpha value is -1.60. The van der Waals surface area contributed by atoms with Crippen molar-refractivity contribution in [1.82, 2.24) is 15.1 Å². The summed E-state index contributed by atoms with van der Waals surface area (Å²) in [6.07, 6.45) is 1.75. The maximum Gasteiger partial charge on any atom is 0.317 e. The minimum Gasteiger partial charge on any atom is -0.378 e. The van der Waals surface area contributed by atoms with Crippen LogP contribution in [0.25, 0.3) is 0 Å². The SMILES string of the molecule is O=C(NCc1ccsc1)N1CCCC(C(=O)N2CCOCC2)C1. The van der Waals surface area contributed by atoms with Crippen LogP contribution in [0.4, 0.5) is 4.79 Å². The van der Waals surface area contributed by atoms with Crippen molar-refractivity contribution in [3.05, 3.63) is 22.4 Å². The molecule has 6 nitrogen and oxygen atoms in total. The number of morpholine rings is 1. The lowest BCUT2D eigenvalue weighted by Crippen LogP contribution is -2.51. The average Bonchev–Trinajstić information content (AvgIpc) is 3.13. The van der Waals surface area contributed by atoms with Crippen LogP contribution >= 0.6 is 11.3 Å². The van der Waals surface area contributed by atoms with Crippen molar-refractivity contribution in [3.63, 3.8) is 0 Å². The van der Waals surface area contributed by atoms with Crippen molar-refractivity contribution in [3.8, 4) is 0 Å². The number of hydrogen-bond acceptors (Lipinski definition) is 4. The lowest BCUT2D eigenvalue weighted by molar-refractivity contribution is -0.141. The molecule has 1 N–H and O–H groups in total.